The Balaban J connectivity index is 2.07. The lowest BCUT2D eigenvalue weighted by atomic mass is 10.00. The quantitative estimate of drug-likeness (QED) is 0.875. The van der Waals surface area contributed by atoms with Crippen molar-refractivity contribution < 1.29 is 14.7 Å². The van der Waals surface area contributed by atoms with Crippen molar-refractivity contribution in [2.45, 2.75) is 52.0 Å². The summed E-state index contributed by atoms with van der Waals surface area (Å²) in [6.07, 6.45) is 4.95. The molecule has 0 spiro atoms. The number of benzene rings is 1. The second-order valence-electron chi connectivity index (χ2n) is 6.11. The van der Waals surface area contributed by atoms with Gasteiger partial charge in [-0.2, -0.15) is 0 Å². The molecule has 1 aliphatic carbocycles. The van der Waals surface area contributed by atoms with Crippen molar-refractivity contribution >= 4 is 11.9 Å². The van der Waals surface area contributed by atoms with E-state index in [0.717, 1.165) is 24.0 Å². The number of nitrogens with one attached hydrogen (secondary N) is 1. The lowest BCUT2D eigenvalue weighted by Crippen LogP contribution is -2.34. The van der Waals surface area contributed by atoms with Gasteiger partial charge in [0, 0.05) is 6.42 Å². The van der Waals surface area contributed by atoms with Crippen LogP contribution in [0.2, 0.25) is 0 Å². The molecular weight excluding hydrogens is 266 g/mol. The summed E-state index contributed by atoms with van der Waals surface area (Å²) < 4.78 is 0. The second kappa shape index (κ2) is 6.74. The third-order valence-corrected chi connectivity index (χ3v) is 4.08. The van der Waals surface area contributed by atoms with E-state index in [1.807, 2.05) is 32.0 Å². The highest BCUT2D eigenvalue weighted by molar-refractivity contribution is 5.84. The van der Waals surface area contributed by atoms with Gasteiger partial charge in [-0.1, -0.05) is 42.2 Å². The molecule has 1 amide bonds. The zero-order valence-corrected chi connectivity index (χ0v) is 12.7. The van der Waals surface area contributed by atoms with Crippen molar-refractivity contribution in [3.63, 3.8) is 0 Å². The van der Waals surface area contributed by atoms with Crippen LogP contribution in [0.5, 0.6) is 0 Å². The number of hydrogen-bond acceptors (Lipinski definition) is 2. The summed E-state index contributed by atoms with van der Waals surface area (Å²) in [5, 5.41) is 12.1. The maximum atomic E-state index is 12.1. The Morgan fingerprint density at radius 1 is 1.19 bits per heavy atom. The number of carboxylic acid groups (broad SMARTS) is 1. The molecule has 4 heteroatoms. The molecular formula is C17H23NO3. The predicted molar refractivity (Wildman–Crippen MR) is 81.0 cm³/mol. The van der Waals surface area contributed by atoms with E-state index in [1.54, 1.807) is 0 Å². The standard InChI is InChI=1S/C17H23NO3/c1-11-7-12(2)9-14(8-11)16(17(20)21)18-15(19)10-13-5-3-4-6-13/h7-9,13,16H,3-6,10H2,1-2H3,(H,18,19)(H,20,21). The molecule has 0 heterocycles. The molecule has 114 valence electrons. The minimum atomic E-state index is -1.01. The number of rotatable bonds is 5. The molecule has 1 atom stereocenters. The highest BCUT2D eigenvalue weighted by Crippen LogP contribution is 2.27. The summed E-state index contributed by atoms with van der Waals surface area (Å²) in [4.78, 5) is 23.6. The number of amides is 1. The van der Waals surface area contributed by atoms with Crippen molar-refractivity contribution in [2.75, 3.05) is 0 Å². The summed E-state index contributed by atoms with van der Waals surface area (Å²) in [5.74, 6) is -0.757. The third-order valence-electron chi connectivity index (χ3n) is 4.08. The van der Waals surface area contributed by atoms with E-state index in [2.05, 4.69) is 5.32 Å². The molecule has 0 aromatic heterocycles. The fourth-order valence-electron chi connectivity index (χ4n) is 3.16. The fraction of sp³-hybridized carbons (Fsp3) is 0.529. The lowest BCUT2D eigenvalue weighted by molar-refractivity contribution is -0.142. The number of carbonyl (C=O) groups excluding carboxylic acids is 1. The minimum Gasteiger partial charge on any atom is -0.479 e. The Hall–Kier alpha value is -1.84. The normalized spacial score (nSPS) is 16.7. The van der Waals surface area contributed by atoms with Gasteiger partial charge >= 0.3 is 5.97 Å². The Morgan fingerprint density at radius 2 is 1.76 bits per heavy atom. The SMILES string of the molecule is Cc1cc(C)cc(C(NC(=O)CC2CCCC2)C(=O)O)c1. The molecule has 1 saturated carbocycles. The van der Waals surface area contributed by atoms with Gasteiger partial charge in [-0.25, -0.2) is 4.79 Å². The first-order chi connectivity index (χ1) is 9.95. The maximum Gasteiger partial charge on any atom is 0.330 e. The van der Waals surface area contributed by atoms with Gasteiger partial charge in [-0.05, 0) is 38.2 Å². The molecule has 1 fully saturated rings. The van der Waals surface area contributed by atoms with E-state index in [0.29, 0.717) is 17.9 Å². The van der Waals surface area contributed by atoms with Crippen LogP contribution in [0, 0.1) is 19.8 Å². The van der Waals surface area contributed by atoms with E-state index < -0.39 is 12.0 Å². The number of carbonyl (C=O) groups is 2. The zero-order valence-electron chi connectivity index (χ0n) is 12.7. The highest BCUT2D eigenvalue weighted by atomic mass is 16.4. The average Bonchev–Trinajstić information content (AvgIpc) is 2.87. The van der Waals surface area contributed by atoms with Crippen molar-refractivity contribution in [1.29, 1.82) is 0 Å². The average molecular weight is 289 g/mol. The van der Waals surface area contributed by atoms with Gasteiger partial charge in [0.15, 0.2) is 6.04 Å². The van der Waals surface area contributed by atoms with Crippen LogP contribution in [0.1, 0.15) is 54.8 Å². The first-order valence-corrected chi connectivity index (χ1v) is 7.56. The van der Waals surface area contributed by atoms with Crippen molar-refractivity contribution in [3.05, 3.63) is 34.9 Å². The summed E-state index contributed by atoms with van der Waals surface area (Å²) in [5.41, 5.74) is 2.64. The minimum absolute atomic E-state index is 0.159. The number of aliphatic carboxylic acids is 1. The maximum absolute atomic E-state index is 12.1. The van der Waals surface area contributed by atoms with Gasteiger partial charge < -0.3 is 10.4 Å². The predicted octanol–water partition coefficient (Wildman–Crippen LogP) is 3.13. The Labute approximate surface area is 125 Å². The van der Waals surface area contributed by atoms with Crippen molar-refractivity contribution in [3.8, 4) is 0 Å². The third kappa shape index (κ3) is 4.31. The first kappa shape index (κ1) is 15.5. The van der Waals surface area contributed by atoms with E-state index >= 15 is 0 Å². The van der Waals surface area contributed by atoms with E-state index in [1.165, 1.54) is 12.8 Å². The van der Waals surface area contributed by atoms with Crippen LogP contribution in [0.4, 0.5) is 0 Å². The molecule has 21 heavy (non-hydrogen) atoms. The molecule has 1 aliphatic rings. The van der Waals surface area contributed by atoms with Gasteiger partial charge in [0.05, 0.1) is 0 Å². The summed E-state index contributed by atoms with van der Waals surface area (Å²) in [7, 11) is 0. The summed E-state index contributed by atoms with van der Waals surface area (Å²) >= 11 is 0. The van der Waals surface area contributed by atoms with Crippen LogP contribution in [0.3, 0.4) is 0 Å². The van der Waals surface area contributed by atoms with Crippen molar-refractivity contribution in [2.24, 2.45) is 5.92 Å². The number of hydrogen-bond donors (Lipinski definition) is 2. The van der Waals surface area contributed by atoms with Crippen LogP contribution < -0.4 is 5.32 Å². The number of aryl methyl sites for hydroxylation is 2. The lowest BCUT2D eigenvalue weighted by Gasteiger charge is -2.17. The molecule has 4 nitrogen and oxygen atoms in total. The molecule has 0 radical (unpaired) electrons. The number of carboxylic acids is 1. The summed E-state index contributed by atoms with van der Waals surface area (Å²) in [6.45, 7) is 3.85. The molecule has 1 aromatic carbocycles. The van der Waals surface area contributed by atoms with Gasteiger partial charge in [-0.3, -0.25) is 4.79 Å². The van der Waals surface area contributed by atoms with Crippen LogP contribution in [-0.2, 0) is 9.59 Å². The van der Waals surface area contributed by atoms with Gasteiger partial charge in [0.1, 0.15) is 0 Å². The second-order valence-corrected chi connectivity index (χ2v) is 6.11. The summed E-state index contributed by atoms with van der Waals surface area (Å²) in [6, 6.07) is 4.67. The molecule has 1 aromatic rings. The van der Waals surface area contributed by atoms with Crippen LogP contribution in [0.15, 0.2) is 18.2 Å². The van der Waals surface area contributed by atoms with Gasteiger partial charge in [-0.15, -0.1) is 0 Å². The monoisotopic (exact) mass is 289 g/mol. The van der Waals surface area contributed by atoms with Crippen LogP contribution in [0.25, 0.3) is 0 Å². The van der Waals surface area contributed by atoms with E-state index in [-0.39, 0.29) is 5.91 Å². The van der Waals surface area contributed by atoms with Gasteiger partial charge in [0.2, 0.25) is 5.91 Å². The molecule has 2 N–H and O–H groups in total. The van der Waals surface area contributed by atoms with E-state index in [9.17, 15) is 14.7 Å². The first-order valence-electron chi connectivity index (χ1n) is 7.56. The smallest absolute Gasteiger partial charge is 0.330 e. The Bertz CT molecular complexity index is 513. The topological polar surface area (TPSA) is 66.4 Å². The Morgan fingerprint density at radius 3 is 2.29 bits per heavy atom. The largest absolute Gasteiger partial charge is 0.479 e. The Kier molecular flexibility index (Phi) is 4.99. The fourth-order valence-corrected chi connectivity index (χ4v) is 3.16. The van der Waals surface area contributed by atoms with Gasteiger partial charge in [0.25, 0.3) is 0 Å². The highest BCUT2D eigenvalue weighted by Gasteiger charge is 2.25. The molecule has 2 rings (SSSR count). The van der Waals surface area contributed by atoms with Crippen LogP contribution >= 0.6 is 0 Å². The molecule has 0 bridgehead atoms. The molecule has 0 saturated heterocycles. The molecule has 0 aliphatic heterocycles. The van der Waals surface area contributed by atoms with Crippen molar-refractivity contribution in [1.82, 2.24) is 5.32 Å². The van der Waals surface area contributed by atoms with Crippen LogP contribution in [-0.4, -0.2) is 17.0 Å². The molecule has 1 unspecified atom stereocenters. The zero-order chi connectivity index (χ0) is 15.4. The van der Waals surface area contributed by atoms with E-state index in [4.69, 9.17) is 0 Å².